The Hall–Kier alpha value is -0.710. The minimum absolute atomic E-state index is 0.238. The highest BCUT2D eigenvalue weighted by atomic mass is 32.1. The molecule has 0 aliphatic heterocycles. The summed E-state index contributed by atoms with van der Waals surface area (Å²) in [6.45, 7) is 10.8. The van der Waals surface area contributed by atoms with Crippen LogP contribution in [-0.2, 0) is 0 Å². The molecule has 0 saturated heterocycles. The van der Waals surface area contributed by atoms with Gasteiger partial charge in [0.15, 0.2) is 0 Å². The van der Waals surface area contributed by atoms with E-state index in [-0.39, 0.29) is 6.04 Å². The number of thiazole rings is 1. The number of hydrogen-bond donors (Lipinski definition) is 1. The molecular formula is C14H20N2S2. The summed E-state index contributed by atoms with van der Waals surface area (Å²) in [5.74, 6) is 0. The van der Waals surface area contributed by atoms with E-state index in [1.807, 2.05) is 11.3 Å². The molecule has 0 bridgehead atoms. The predicted molar refractivity (Wildman–Crippen MR) is 80.8 cm³/mol. The quantitative estimate of drug-likeness (QED) is 0.907. The standard InChI is InChI=1S/C14H20N2S2/c1-8(2)15-12(13-9(3)6-7-17-13)14-16-10(4)11(5)18-14/h6-8,12,15H,1-5H3. The third kappa shape index (κ3) is 2.82. The Morgan fingerprint density at radius 1 is 1.22 bits per heavy atom. The lowest BCUT2D eigenvalue weighted by molar-refractivity contribution is 0.530. The van der Waals surface area contributed by atoms with Crippen molar-refractivity contribution in [1.82, 2.24) is 10.3 Å². The van der Waals surface area contributed by atoms with Crippen LogP contribution in [0.2, 0.25) is 0 Å². The summed E-state index contributed by atoms with van der Waals surface area (Å²) in [5.41, 5.74) is 2.50. The van der Waals surface area contributed by atoms with Gasteiger partial charge in [-0.25, -0.2) is 4.98 Å². The Morgan fingerprint density at radius 2 is 1.94 bits per heavy atom. The molecule has 0 aromatic carbocycles. The smallest absolute Gasteiger partial charge is 0.115 e. The lowest BCUT2D eigenvalue weighted by Crippen LogP contribution is -2.28. The fraction of sp³-hybridized carbons (Fsp3) is 0.500. The van der Waals surface area contributed by atoms with Crippen molar-refractivity contribution in [2.24, 2.45) is 0 Å². The summed E-state index contributed by atoms with van der Waals surface area (Å²) >= 11 is 3.62. The second-order valence-electron chi connectivity index (χ2n) is 4.92. The summed E-state index contributed by atoms with van der Waals surface area (Å²) in [4.78, 5) is 7.42. The van der Waals surface area contributed by atoms with Gasteiger partial charge < -0.3 is 5.32 Å². The predicted octanol–water partition coefficient (Wildman–Crippen LogP) is 4.22. The molecule has 0 saturated carbocycles. The molecule has 18 heavy (non-hydrogen) atoms. The Balaban J connectivity index is 2.40. The minimum atomic E-state index is 0.238. The lowest BCUT2D eigenvalue weighted by atomic mass is 10.1. The minimum Gasteiger partial charge on any atom is -0.301 e. The third-order valence-corrected chi connectivity index (χ3v) is 5.18. The third-order valence-electron chi connectivity index (χ3n) is 2.96. The molecule has 1 unspecified atom stereocenters. The van der Waals surface area contributed by atoms with Gasteiger partial charge in [0.2, 0.25) is 0 Å². The topological polar surface area (TPSA) is 24.9 Å². The largest absolute Gasteiger partial charge is 0.301 e. The van der Waals surface area contributed by atoms with Crippen LogP contribution in [0, 0.1) is 20.8 Å². The SMILES string of the molecule is Cc1ccsc1C(NC(C)C)c1nc(C)c(C)s1. The van der Waals surface area contributed by atoms with E-state index in [9.17, 15) is 0 Å². The highest BCUT2D eigenvalue weighted by Gasteiger charge is 2.22. The van der Waals surface area contributed by atoms with Crippen LogP contribution in [0.3, 0.4) is 0 Å². The van der Waals surface area contributed by atoms with E-state index in [1.165, 1.54) is 20.3 Å². The number of aromatic nitrogens is 1. The van der Waals surface area contributed by atoms with Crippen molar-refractivity contribution in [3.8, 4) is 0 Å². The molecular weight excluding hydrogens is 260 g/mol. The molecule has 0 amide bonds. The molecule has 0 aliphatic rings. The van der Waals surface area contributed by atoms with Gasteiger partial charge in [-0.15, -0.1) is 22.7 Å². The van der Waals surface area contributed by atoms with E-state index >= 15 is 0 Å². The maximum Gasteiger partial charge on any atom is 0.115 e. The van der Waals surface area contributed by atoms with Crippen LogP contribution in [0.5, 0.6) is 0 Å². The van der Waals surface area contributed by atoms with Gasteiger partial charge in [-0.1, -0.05) is 0 Å². The summed E-state index contributed by atoms with van der Waals surface area (Å²) in [7, 11) is 0. The fourth-order valence-corrected chi connectivity index (χ4v) is 3.95. The van der Waals surface area contributed by atoms with Crippen LogP contribution in [0.25, 0.3) is 0 Å². The molecule has 2 heterocycles. The van der Waals surface area contributed by atoms with E-state index < -0.39 is 0 Å². The molecule has 2 rings (SSSR count). The summed E-state index contributed by atoms with van der Waals surface area (Å²) in [6.07, 6.45) is 0. The van der Waals surface area contributed by atoms with E-state index in [4.69, 9.17) is 4.98 Å². The van der Waals surface area contributed by atoms with Crippen LogP contribution in [0.1, 0.15) is 45.9 Å². The highest BCUT2D eigenvalue weighted by molar-refractivity contribution is 7.12. The lowest BCUT2D eigenvalue weighted by Gasteiger charge is -2.19. The molecule has 0 radical (unpaired) electrons. The van der Waals surface area contributed by atoms with Crippen molar-refractivity contribution in [3.63, 3.8) is 0 Å². The average molecular weight is 280 g/mol. The molecule has 1 N–H and O–H groups in total. The Bertz CT molecular complexity index is 506. The zero-order valence-electron chi connectivity index (χ0n) is 11.6. The van der Waals surface area contributed by atoms with Gasteiger partial charge in [0.05, 0.1) is 11.7 Å². The van der Waals surface area contributed by atoms with Crippen LogP contribution in [0.15, 0.2) is 11.4 Å². The van der Waals surface area contributed by atoms with Crippen molar-refractivity contribution >= 4 is 22.7 Å². The molecule has 2 nitrogen and oxygen atoms in total. The maximum absolute atomic E-state index is 4.72. The molecule has 1 atom stereocenters. The van der Waals surface area contributed by atoms with E-state index in [2.05, 4.69) is 51.4 Å². The molecule has 2 aromatic rings. The Morgan fingerprint density at radius 3 is 2.39 bits per heavy atom. The van der Waals surface area contributed by atoms with Gasteiger partial charge >= 0.3 is 0 Å². The van der Waals surface area contributed by atoms with Crippen LogP contribution in [-0.4, -0.2) is 11.0 Å². The van der Waals surface area contributed by atoms with Crippen molar-refractivity contribution < 1.29 is 0 Å². The number of aryl methyl sites for hydroxylation is 3. The van der Waals surface area contributed by atoms with E-state index in [1.54, 1.807) is 11.3 Å². The van der Waals surface area contributed by atoms with Crippen LogP contribution in [0.4, 0.5) is 0 Å². The first kappa shape index (κ1) is 13.7. The molecule has 0 aliphatic carbocycles. The Kier molecular flexibility index (Phi) is 4.20. The number of rotatable bonds is 4. The first-order valence-corrected chi connectivity index (χ1v) is 7.92. The zero-order valence-corrected chi connectivity index (χ0v) is 13.2. The van der Waals surface area contributed by atoms with E-state index in [0.29, 0.717) is 6.04 Å². The number of hydrogen-bond acceptors (Lipinski definition) is 4. The van der Waals surface area contributed by atoms with Crippen molar-refractivity contribution in [3.05, 3.63) is 37.5 Å². The summed E-state index contributed by atoms with van der Waals surface area (Å²) in [5, 5.41) is 6.98. The summed E-state index contributed by atoms with van der Waals surface area (Å²) in [6, 6.07) is 2.87. The first-order valence-electron chi connectivity index (χ1n) is 6.23. The van der Waals surface area contributed by atoms with Crippen molar-refractivity contribution in [2.75, 3.05) is 0 Å². The molecule has 0 fully saturated rings. The molecule has 0 spiro atoms. The molecule has 98 valence electrons. The molecule has 4 heteroatoms. The van der Waals surface area contributed by atoms with Gasteiger partial charge in [0.25, 0.3) is 0 Å². The van der Waals surface area contributed by atoms with Gasteiger partial charge in [0.1, 0.15) is 5.01 Å². The van der Waals surface area contributed by atoms with E-state index in [0.717, 1.165) is 5.69 Å². The van der Waals surface area contributed by atoms with Crippen molar-refractivity contribution in [1.29, 1.82) is 0 Å². The maximum atomic E-state index is 4.72. The number of thiophene rings is 1. The fourth-order valence-electron chi connectivity index (χ4n) is 1.89. The Labute approximate surface area is 117 Å². The number of nitrogens with zero attached hydrogens (tertiary/aromatic N) is 1. The summed E-state index contributed by atoms with van der Waals surface area (Å²) < 4.78 is 0. The zero-order chi connectivity index (χ0) is 13.3. The first-order chi connectivity index (χ1) is 8.49. The second kappa shape index (κ2) is 5.51. The normalized spacial score (nSPS) is 13.2. The van der Waals surface area contributed by atoms with Gasteiger partial charge in [-0.05, 0) is 51.6 Å². The van der Waals surface area contributed by atoms with Gasteiger partial charge in [0, 0.05) is 15.8 Å². The molecule has 2 aromatic heterocycles. The van der Waals surface area contributed by atoms with Gasteiger partial charge in [-0.2, -0.15) is 0 Å². The number of nitrogens with one attached hydrogen (secondary N) is 1. The highest BCUT2D eigenvalue weighted by Crippen LogP contribution is 2.33. The van der Waals surface area contributed by atoms with Gasteiger partial charge in [-0.3, -0.25) is 0 Å². The van der Waals surface area contributed by atoms with Crippen LogP contribution < -0.4 is 5.32 Å². The monoisotopic (exact) mass is 280 g/mol. The van der Waals surface area contributed by atoms with Crippen LogP contribution >= 0.6 is 22.7 Å². The average Bonchev–Trinajstić information content (AvgIpc) is 2.83. The van der Waals surface area contributed by atoms with Crippen molar-refractivity contribution in [2.45, 2.75) is 46.7 Å². The second-order valence-corrected chi connectivity index (χ2v) is 7.10.